The van der Waals surface area contributed by atoms with Gasteiger partial charge < -0.3 is 5.73 Å². The fraction of sp³-hybridized carbons (Fsp3) is 0.231. The van der Waals surface area contributed by atoms with Crippen molar-refractivity contribution >= 4 is 29.0 Å². The Morgan fingerprint density at radius 1 is 1.17 bits per heavy atom. The third-order valence-corrected chi connectivity index (χ3v) is 3.75. The minimum absolute atomic E-state index is 0.449. The van der Waals surface area contributed by atoms with Gasteiger partial charge in [0.15, 0.2) is 0 Å². The number of rotatable bonds is 2. The van der Waals surface area contributed by atoms with Crippen LogP contribution in [-0.4, -0.2) is 9.97 Å². The monoisotopic (exact) mass is 279 g/mol. The first-order valence-corrected chi connectivity index (χ1v) is 6.49. The summed E-state index contributed by atoms with van der Waals surface area (Å²) in [7, 11) is 0. The lowest BCUT2D eigenvalue weighted by Gasteiger charge is -2.07. The Morgan fingerprint density at radius 2 is 1.94 bits per heavy atom. The molecule has 1 fully saturated rings. The zero-order valence-electron chi connectivity index (χ0n) is 9.53. The number of hydrogen-bond acceptors (Lipinski definition) is 3. The molecule has 1 aliphatic rings. The van der Waals surface area contributed by atoms with Crippen molar-refractivity contribution in [3.63, 3.8) is 0 Å². The molecule has 0 bridgehead atoms. The van der Waals surface area contributed by atoms with Crippen molar-refractivity contribution in [3.8, 4) is 11.3 Å². The average Bonchev–Trinajstić information content (AvgIpc) is 3.16. The lowest BCUT2D eigenvalue weighted by molar-refractivity contribution is 0.936. The first kappa shape index (κ1) is 11.8. The molecular weight excluding hydrogens is 269 g/mol. The van der Waals surface area contributed by atoms with E-state index in [1.54, 1.807) is 12.1 Å². The van der Waals surface area contributed by atoms with Crippen LogP contribution in [0.3, 0.4) is 0 Å². The highest BCUT2D eigenvalue weighted by atomic mass is 35.5. The number of aromatic nitrogens is 2. The molecule has 1 aliphatic carbocycles. The predicted octanol–water partition coefficient (Wildman–Crippen LogP) is 3.91. The van der Waals surface area contributed by atoms with Crippen molar-refractivity contribution in [1.29, 1.82) is 0 Å². The van der Waals surface area contributed by atoms with Gasteiger partial charge in [0.1, 0.15) is 11.6 Å². The van der Waals surface area contributed by atoms with Gasteiger partial charge in [-0.05, 0) is 18.9 Å². The molecule has 1 saturated carbocycles. The molecule has 18 heavy (non-hydrogen) atoms. The zero-order chi connectivity index (χ0) is 12.7. The lowest BCUT2D eigenvalue weighted by Crippen LogP contribution is -2.00. The molecule has 3 rings (SSSR count). The Bertz CT molecular complexity index is 609. The van der Waals surface area contributed by atoms with Crippen molar-refractivity contribution in [1.82, 2.24) is 9.97 Å². The Morgan fingerprint density at radius 3 is 2.67 bits per heavy atom. The maximum atomic E-state index is 6.19. The number of anilines is 1. The van der Waals surface area contributed by atoms with E-state index in [4.69, 9.17) is 28.9 Å². The highest BCUT2D eigenvalue weighted by Crippen LogP contribution is 2.40. The standard InChI is InChI=1S/C13H11Cl2N3/c14-9-3-1-2-8(12(9)15)10-6-11(16)18-13(17-10)7-4-5-7/h1-3,6-7H,4-5H2,(H2,16,17,18). The summed E-state index contributed by atoms with van der Waals surface area (Å²) in [5.74, 6) is 1.73. The van der Waals surface area contributed by atoms with E-state index >= 15 is 0 Å². The van der Waals surface area contributed by atoms with Crippen LogP contribution < -0.4 is 5.73 Å². The molecule has 0 unspecified atom stereocenters. The largest absolute Gasteiger partial charge is 0.384 e. The van der Waals surface area contributed by atoms with Gasteiger partial charge in [-0.15, -0.1) is 0 Å². The van der Waals surface area contributed by atoms with Crippen LogP contribution >= 0.6 is 23.2 Å². The summed E-state index contributed by atoms with van der Waals surface area (Å²) >= 11 is 12.2. The summed E-state index contributed by atoms with van der Waals surface area (Å²) in [4.78, 5) is 8.80. The average molecular weight is 280 g/mol. The van der Waals surface area contributed by atoms with Gasteiger partial charge >= 0.3 is 0 Å². The molecule has 0 spiro atoms. The van der Waals surface area contributed by atoms with Crippen molar-refractivity contribution in [3.05, 3.63) is 40.1 Å². The Kier molecular flexibility index (Phi) is 2.88. The van der Waals surface area contributed by atoms with E-state index in [-0.39, 0.29) is 0 Å². The second-order valence-electron chi connectivity index (χ2n) is 4.41. The van der Waals surface area contributed by atoms with E-state index in [9.17, 15) is 0 Å². The Hall–Kier alpha value is -1.32. The Labute approximate surface area is 115 Å². The third kappa shape index (κ3) is 2.16. The van der Waals surface area contributed by atoms with Gasteiger partial charge in [0, 0.05) is 17.5 Å². The number of nitrogens with zero attached hydrogens (tertiary/aromatic N) is 2. The predicted molar refractivity (Wildman–Crippen MR) is 73.9 cm³/mol. The molecule has 2 N–H and O–H groups in total. The first-order chi connectivity index (χ1) is 8.65. The van der Waals surface area contributed by atoms with Gasteiger partial charge in [-0.25, -0.2) is 9.97 Å². The topological polar surface area (TPSA) is 51.8 Å². The zero-order valence-corrected chi connectivity index (χ0v) is 11.0. The van der Waals surface area contributed by atoms with Crippen LogP contribution in [-0.2, 0) is 0 Å². The molecule has 5 heteroatoms. The quantitative estimate of drug-likeness (QED) is 0.907. The van der Waals surface area contributed by atoms with Crippen molar-refractivity contribution in [2.24, 2.45) is 0 Å². The smallest absolute Gasteiger partial charge is 0.134 e. The van der Waals surface area contributed by atoms with Crippen molar-refractivity contribution in [2.45, 2.75) is 18.8 Å². The van der Waals surface area contributed by atoms with Crippen LogP contribution in [0.1, 0.15) is 24.6 Å². The van der Waals surface area contributed by atoms with Gasteiger partial charge in [0.05, 0.1) is 15.7 Å². The first-order valence-electron chi connectivity index (χ1n) is 5.74. The van der Waals surface area contributed by atoms with Gasteiger partial charge in [-0.2, -0.15) is 0 Å². The molecule has 1 aromatic carbocycles. The summed E-state index contributed by atoms with van der Waals surface area (Å²) in [6.07, 6.45) is 2.26. The summed E-state index contributed by atoms with van der Waals surface area (Å²) in [6, 6.07) is 7.20. The van der Waals surface area contributed by atoms with E-state index in [0.29, 0.717) is 21.8 Å². The summed E-state index contributed by atoms with van der Waals surface area (Å²) in [5.41, 5.74) is 7.35. The van der Waals surface area contributed by atoms with Gasteiger partial charge in [-0.1, -0.05) is 35.3 Å². The van der Waals surface area contributed by atoms with Crippen molar-refractivity contribution < 1.29 is 0 Å². The number of benzene rings is 1. The number of halogens is 2. The second kappa shape index (κ2) is 4.41. The van der Waals surface area contributed by atoms with Gasteiger partial charge in [-0.3, -0.25) is 0 Å². The van der Waals surface area contributed by atoms with E-state index in [1.165, 1.54) is 0 Å². The molecule has 0 saturated heterocycles. The number of hydrogen-bond donors (Lipinski definition) is 1. The summed E-state index contributed by atoms with van der Waals surface area (Å²) < 4.78 is 0. The van der Waals surface area contributed by atoms with Gasteiger partial charge in [0.2, 0.25) is 0 Å². The van der Waals surface area contributed by atoms with E-state index in [1.807, 2.05) is 12.1 Å². The van der Waals surface area contributed by atoms with Crippen molar-refractivity contribution in [2.75, 3.05) is 5.73 Å². The highest BCUT2D eigenvalue weighted by Gasteiger charge is 2.27. The van der Waals surface area contributed by atoms with E-state index in [2.05, 4.69) is 9.97 Å². The fourth-order valence-corrected chi connectivity index (χ4v) is 2.25. The molecule has 0 atom stereocenters. The molecule has 0 amide bonds. The van der Waals surface area contributed by atoms with Crippen LogP contribution in [0.15, 0.2) is 24.3 Å². The maximum Gasteiger partial charge on any atom is 0.134 e. The van der Waals surface area contributed by atoms with E-state index < -0.39 is 0 Å². The fourth-order valence-electron chi connectivity index (χ4n) is 1.85. The molecule has 0 radical (unpaired) electrons. The second-order valence-corrected chi connectivity index (χ2v) is 5.20. The summed E-state index contributed by atoms with van der Waals surface area (Å²) in [6.45, 7) is 0. The SMILES string of the molecule is Nc1cc(-c2cccc(Cl)c2Cl)nc(C2CC2)n1. The van der Waals surface area contributed by atoms with Crippen LogP contribution in [0.2, 0.25) is 10.0 Å². The van der Waals surface area contributed by atoms with Gasteiger partial charge in [0.25, 0.3) is 0 Å². The minimum Gasteiger partial charge on any atom is -0.384 e. The molecule has 0 aliphatic heterocycles. The number of nitrogen functional groups attached to an aromatic ring is 1. The lowest BCUT2D eigenvalue weighted by atomic mass is 10.1. The van der Waals surface area contributed by atoms with Crippen LogP contribution in [0.5, 0.6) is 0 Å². The van der Waals surface area contributed by atoms with Crippen LogP contribution in [0.4, 0.5) is 5.82 Å². The highest BCUT2D eigenvalue weighted by molar-refractivity contribution is 6.43. The molecule has 1 heterocycles. The molecule has 1 aromatic heterocycles. The minimum atomic E-state index is 0.449. The van der Waals surface area contributed by atoms with Crippen LogP contribution in [0, 0.1) is 0 Å². The Balaban J connectivity index is 2.13. The molecular formula is C13H11Cl2N3. The number of nitrogens with two attached hydrogens (primary N) is 1. The maximum absolute atomic E-state index is 6.19. The van der Waals surface area contributed by atoms with Crippen LogP contribution in [0.25, 0.3) is 11.3 Å². The molecule has 92 valence electrons. The van der Waals surface area contributed by atoms with E-state index in [0.717, 1.165) is 29.9 Å². The summed E-state index contributed by atoms with van der Waals surface area (Å²) in [5, 5.41) is 1.01. The molecule has 2 aromatic rings. The third-order valence-electron chi connectivity index (χ3n) is 2.93. The molecule has 3 nitrogen and oxygen atoms in total. The normalized spacial score (nSPS) is 14.8.